The minimum Gasteiger partial charge on any atom is -0.493 e. The molecule has 1 aromatic rings. The Morgan fingerprint density at radius 2 is 1.95 bits per heavy atom. The summed E-state index contributed by atoms with van der Waals surface area (Å²) < 4.78 is 33.5. The van der Waals surface area contributed by atoms with Gasteiger partial charge in [0.05, 0.1) is 12.2 Å². The van der Waals surface area contributed by atoms with Gasteiger partial charge < -0.3 is 4.74 Å². The molecule has 0 spiro atoms. The average molecular weight is 347 g/mol. The van der Waals surface area contributed by atoms with Crippen LogP contribution in [0.25, 0.3) is 0 Å². The molecule has 0 N–H and O–H groups in total. The van der Waals surface area contributed by atoms with Gasteiger partial charge in [-0.2, -0.15) is 0 Å². The topological polar surface area (TPSA) is 9.23 Å². The van der Waals surface area contributed by atoms with Crippen molar-refractivity contribution in [3.8, 4) is 5.75 Å². The SMILES string of the molecule is CC(F)(F)c1ccc(Br)cc1OCCC1CCCCC1. The van der Waals surface area contributed by atoms with Crippen LogP contribution in [0, 0.1) is 5.92 Å². The fourth-order valence-electron chi connectivity index (χ4n) is 2.79. The second-order valence-electron chi connectivity index (χ2n) is 5.67. The molecule has 0 unspecified atom stereocenters. The summed E-state index contributed by atoms with van der Waals surface area (Å²) in [6, 6.07) is 4.69. The summed E-state index contributed by atoms with van der Waals surface area (Å²) in [6.07, 6.45) is 7.37. The van der Waals surface area contributed by atoms with Gasteiger partial charge in [-0.15, -0.1) is 0 Å². The molecule has 0 saturated heterocycles. The van der Waals surface area contributed by atoms with Crippen LogP contribution in [0.1, 0.15) is 51.0 Å². The van der Waals surface area contributed by atoms with Crippen LogP contribution in [-0.4, -0.2) is 6.61 Å². The van der Waals surface area contributed by atoms with Gasteiger partial charge in [0.25, 0.3) is 5.92 Å². The summed E-state index contributed by atoms with van der Waals surface area (Å²) in [5, 5.41) is 0. The molecule has 0 atom stereocenters. The predicted octanol–water partition coefficient (Wildman–Crippen LogP) is 5.91. The van der Waals surface area contributed by atoms with Crippen LogP contribution < -0.4 is 4.74 Å². The first-order chi connectivity index (χ1) is 9.47. The molecular weight excluding hydrogens is 326 g/mol. The fourth-order valence-corrected chi connectivity index (χ4v) is 3.13. The van der Waals surface area contributed by atoms with Crippen LogP contribution in [0.3, 0.4) is 0 Å². The number of benzene rings is 1. The predicted molar refractivity (Wildman–Crippen MR) is 80.4 cm³/mol. The fraction of sp³-hybridized carbons (Fsp3) is 0.625. The minimum atomic E-state index is -2.87. The molecule has 1 fully saturated rings. The third kappa shape index (κ3) is 4.44. The van der Waals surface area contributed by atoms with E-state index in [0.29, 0.717) is 18.3 Å². The van der Waals surface area contributed by atoms with E-state index in [4.69, 9.17) is 4.74 Å². The third-order valence-electron chi connectivity index (χ3n) is 3.93. The van der Waals surface area contributed by atoms with Crippen molar-refractivity contribution in [3.05, 3.63) is 28.2 Å². The van der Waals surface area contributed by atoms with Crippen molar-refractivity contribution in [2.75, 3.05) is 6.61 Å². The van der Waals surface area contributed by atoms with E-state index in [0.717, 1.165) is 17.8 Å². The van der Waals surface area contributed by atoms with Gasteiger partial charge in [0.1, 0.15) is 5.75 Å². The normalized spacial score (nSPS) is 17.2. The van der Waals surface area contributed by atoms with Crippen molar-refractivity contribution < 1.29 is 13.5 Å². The second-order valence-corrected chi connectivity index (χ2v) is 6.59. The van der Waals surface area contributed by atoms with E-state index in [1.165, 1.54) is 38.2 Å². The van der Waals surface area contributed by atoms with Crippen LogP contribution in [0.15, 0.2) is 22.7 Å². The highest BCUT2D eigenvalue weighted by molar-refractivity contribution is 9.10. The lowest BCUT2D eigenvalue weighted by atomic mass is 9.87. The number of rotatable bonds is 5. The van der Waals surface area contributed by atoms with Crippen LogP contribution in [0.4, 0.5) is 8.78 Å². The number of hydrogen-bond acceptors (Lipinski definition) is 1. The van der Waals surface area contributed by atoms with Gasteiger partial charge in [-0.1, -0.05) is 48.0 Å². The van der Waals surface area contributed by atoms with Crippen LogP contribution in [0.2, 0.25) is 0 Å². The van der Waals surface area contributed by atoms with Crippen LogP contribution in [-0.2, 0) is 5.92 Å². The average Bonchev–Trinajstić information content (AvgIpc) is 2.38. The summed E-state index contributed by atoms with van der Waals surface area (Å²) in [7, 11) is 0. The van der Waals surface area contributed by atoms with Crippen molar-refractivity contribution in [3.63, 3.8) is 0 Å². The van der Waals surface area contributed by atoms with Crippen molar-refractivity contribution in [2.24, 2.45) is 5.92 Å². The number of halogens is 3. The van der Waals surface area contributed by atoms with Crippen molar-refractivity contribution in [1.29, 1.82) is 0 Å². The summed E-state index contributed by atoms with van der Waals surface area (Å²) in [6.45, 7) is 1.43. The third-order valence-corrected chi connectivity index (χ3v) is 4.42. The molecule has 0 amide bonds. The smallest absolute Gasteiger partial charge is 0.274 e. The molecule has 1 saturated carbocycles. The van der Waals surface area contributed by atoms with E-state index in [1.807, 2.05) is 0 Å². The molecule has 0 aromatic heterocycles. The standard InChI is InChI=1S/C16H21BrF2O/c1-16(18,19)14-8-7-13(17)11-15(14)20-10-9-12-5-3-2-4-6-12/h7-8,11-12H,2-6,9-10H2,1H3. The molecule has 112 valence electrons. The Morgan fingerprint density at radius 1 is 1.25 bits per heavy atom. The van der Waals surface area contributed by atoms with Gasteiger partial charge in [-0.3, -0.25) is 0 Å². The first-order valence-electron chi connectivity index (χ1n) is 7.27. The minimum absolute atomic E-state index is 0.0376. The first-order valence-corrected chi connectivity index (χ1v) is 8.07. The van der Waals surface area contributed by atoms with Gasteiger partial charge in [0.15, 0.2) is 0 Å². The van der Waals surface area contributed by atoms with E-state index in [2.05, 4.69) is 15.9 Å². The Kier molecular flexibility index (Phi) is 5.42. The number of hydrogen-bond donors (Lipinski definition) is 0. The van der Waals surface area contributed by atoms with Gasteiger partial charge >= 0.3 is 0 Å². The molecule has 20 heavy (non-hydrogen) atoms. The highest BCUT2D eigenvalue weighted by atomic mass is 79.9. The molecule has 1 aliphatic carbocycles. The van der Waals surface area contributed by atoms with E-state index in [1.54, 1.807) is 12.1 Å². The largest absolute Gasteiger partial charge is 0.493 e. The van der Waals surface area contributed by atoms with E-state index >= 15 is 0 Å². The maximum Gasteiger partial charge on any atom is 0.274 e. The Hall–Kier alpha value is -0.640. The monoisotopic (exact) mass is 346 g/mol. The quantitative estimate of drug-likeness (QED) is 0.643. The molecule has 2 rings (SSSR count). The van der Waals surface area contributed by atoms with Gasteiger partial charge in [-0.05, 0) is 30.5 Å². The first kappa shape index (κ1) is 15.7. The summed E-state index contributed by atoms with van der Waals surface area (Å²) in [4.78, 5) is 0. The maximum atomic E-state index is 13.5. The zero-order valence-electron chi connectivity index (χ0n) is 11.8. The molecule has 0 aliphatic heterocycles. The van der Waals surface area contributed by atoms with Crippen molar-refractivity contribution in [1.82, 2.24) is 0 Å². The van der Waals surface area contributed by atoms with Gasteiger partial charge in [0.2, 0.25) is 0 Å². The summed E-state index contributed by atoms with van der Waals surface area (Å²) >= 11 is 3.31. The molecule has 0 bridgehead atoms. The second kappa shape index (κ2) is 6.88. The van der Waals surface area contributed by atoms with E-state index in [-0.39, 0.29) is 5.56 Å². The van der Waals surface area contributed by atoms with Crippen LogP contribution in [0.5, 0.6) is 5.75 Å². The lowest BCUT2D eigenvalue weighted by Gasteiger charge is -2.22. The Bertz CT molecular complexity index is 437. The molecule has 0 heterocycles. The molecule has 1 aromatic carbocycles. The Balaban J connectivity index is 1.95. The summed E-state index contributed by atoms with van der Waals surface area (Å²) in [5.41, 5.74) is -0.0376. The molecule has 1 aliphatic rings. The number of alkyl halides is 2. The van der Waals surface area contributed by atoms with Crippen molar-refractivity contribution >= 4 is 15.9 Å². The molecule has 4 heteroatoms. The van der Waals surface area contributed by atoms with E-state index in [9.17, 15) is 8.78 Å². The maximum absolute atomic E-state index is 13.5. The lowest BCUT2D eigenvalue weighted by Crippen LogP contribution is -2.13. The lowest BCUT2D eigenvalue weighted by molar-refractivity contribution is 0.0143. The Morgan fingerprint density at radius 3 is 2.60 bits per heavy atom. The highest BCUT2D eigenvalue weighted by Gasteiger charge is 2.28. The van der Waals surface area contributed by atoms with E-state index < -0.39 is 5.92 Å². The highest BCUT2D eigenvalue weighted by Crippen LogP contribution is 2.36. The number of ether oxygens (including phenoxy) is 1. The zero-order chi connectivity index (χ0) is 14.6. The van der Waals surface area contributed by atoms with Crippen molar-refractivity contribution in [2.45, 2.75) is 51.4 Å². The Labute approximate surface area is 127 Å². The molecule has 0 radical (unpaired) electrons. The summed E-state index contributed by atoms with van der Waals surface area (Å²) in [5.74, 6) is -1.88. The van der Waals surface area contributed by atoms with Gasteiger partial charge in [0, 0.05) is 11.4 Å². The molecular formula is C16H21BrF2O. The molecule has 1 nitrogen and oxygen atoms in total. The van der Waals surface area contributed by atoms with Gasteiger partial charge in [-0.25, -0.2) is 8.78 Å². The zero-order valence-corrected chi connectivity index (χ0v) is 13.4. The van der Waals surface area contributed by atoms with Crippen LogP contribution >= 0.6 is 15.9 Å².